The minimum Gasteiger partial charge on any atom is -0.435 e. The lowest BCUT2D eigenvalue weighted by atomic mass is 10.1. The molecule has 0 atom stereocenters. The highest BCUT2D eigenvalue weighted by molar-refractivity contribution is 8.01. The number of anilines is 1. The molecule has 0 spiro atoms. The standard InChI is InChI=1S/C16H18F2N4O2S2/c1-2-8-20-15-21-22-16(26-15)25-10-13(23)19-9-7-11-3-5-12(6-4-11)24-14(17)18/h2-6,14H,1,7-10H2,(H,19,23)(H,20,21). The van der Waals surface area contributed by atoms with Crippen molar-refractivity contribution >= 4 is 34.1 Å². The van der Waals surface area contributed by atoms with Crippen molar-refractivity contribution in [2.75, 3.05) is 24.2 Å². The van der Waals surface area contributed by atoms with E-state index in [4.69, 9.17) is 0 Å². The summed E-state index contributed by atoms with van der Waals surface area (Å²) in [5.41, 5.74) is 0.918. The van der Waals surface area contributed by atoms with E-state index in [0.717, 1.165) is 5.56 Å². The molecule has 26 heavy (non-hydrogen) atoms. The lowest BCUT2D eigenvalue weighted by Crippen LogP contribution is -2.27. The summed E-state index contributed by atoms with van der Waals surface area (Å²) in [7, 11) is 0. The molecule has 0 aliphatic heterocycles. The van der Waals surface area contributed by atoms with Gasteiger partial charge in [0.2, 0.25) is 11.0 Å². The van der Waals surface area contributed by atoms with Crippen LogP contribution in [-0.4, -0.2) is 41.6 Å². The van der Waals surface area contributed by atoms with Crippen LogP contribution < -0.4 is 15.4 Å². The number of hydrogen-bond acceptors (Lipinski definition) is 7. The first-order valence-corrected chi connectivity index (χ1v) is 9.48. The minimum absolute atomic E-state index is 0.108. The summed E-state index contributed by atoms with van der Waals surface area (Å²) < 4.78 is 29.1. The highest BCUT2D eigenvalue weighted by atomic mass is 32.2. The Kier molecular flexibility index (Phi) is 8.29. The normalized spacial score (nSPS) is 10.6. The van der Waals surface area contributed by atoms with Crippen LogP contribution in [0.15, 0.2) is 41.3 Å². The first-order chi connectivity index (χ1) is 12.6. The molecule has 0 bridgehead atoms. The fourth-order valence-corrected chi connectivity index (χ4v) is 3.45. The van der Waals surface area contributed by atoms with Crippen molar-refractivity contribution in [3.05, 3.63) is 42.5 Å². The molecule has 10 heteroatoms. The molecule has 6 nitrogen and oxygen atoms in total. The summed E-state index contributed by atoms with van der Waals surface area (Å²) >= 11 is 2.69. The van der Waals surface area contributed by atoms with Crippen LogP contribution in [0.5, 0.6) is 5.75 Å². The van der Waals surface area contributed by atoms with Gasteiger partial charge in [-0.05, 0) is 24.1 Å². The summed E-state index contributed by atoms with van der Waals surface area (Å²) in [6.45, 7) is 1.83. The Morgan fingerprint density at radius 3 is 2.81 bits per heavy atom. The second kappa shape index (κ2) is 10.7. The van der Waals surface area contributed by atoms with Crippen molar-refractivity contribution in [2.45, 2.75) is 17.4 Å². The van der Waals surface area contributed by atoms with Gasteiger partial charge in [0.15, 0.2) is 4.34 Å². The van der Waals surface area contributed by atoms with Gasteiger partial charge in [0.05, 0.1) is 5.75 Å². The lowest BCUT2D eigenvalue weighted by molar-refractivity contribution is -0.118. The molecule has 0 unspecified atom stereocenters. The Hall–Kier alpha value is -2.20. The fourth-order valence-electron chi connectivity index (χ4n) is 1.86. The van der Waals surface area contributed by atoms with Gasteiger partial charge in [-0.2, -0.15) is 8.78 Å². The van der Waals surface area contributed by atoms with Crippen molar-refractivity contribution < 1.29 is 18.3 Å². The summed E-state index contributed by atoms with van der Waals surface area (Å²) in [5.74, 6) is 0.253. The molecule has 1 heterocycles. The second-order valence-electron chi connectivity index (χ2n) is 4.95. The van der Waals surface area contributed by atoms with Crippen LogP contribution in [-0.2, 0) is 11.2 Å². The molecule has 0 aliphatic carbocycles. The number of rotatable bonds is 11. The highest BCUT2D eigenvalue weighted by Crippen LogP contribution is 2.25. The molecular formula is C16H18F2N4O2S2. The van der Waals surface area contributed by atoms with Crippen molar-refractivity contribution in [3.63, 3.8) is 0 Å². The molecule has 1 amide bonds. The first-order valence-electron chi connectivity index (χ1n) is 7.68. The molecule has 2 rings (SSSR count). The van der Waals surface area contributed by atoms with E-state index in [1.807, 2.05) is 0 Å². The zero-order valence-electron chi connectivity index (χ0n) is 13.8. The Balaban J connectivity index is 1.65. The van der Waals surface area contributed by atoms with Gasteiger partial charge in [-0.25, -0.2) is 0 Å². The molecule has 0 aliphatic rings. The number of alkyl halides is 2. The van der Waals surface area contributed by atoms with E-state index in [2.05, 4.69) is 32.1 Å². The van der Waals surface area contributed by atoms with Gasteiger partial charge in [0.25, 0.3) is 0 Å². The number of amides is 1. The summed E-state index contributed by atoms with van der Waals surface area (Å²) in [4.78, 5) is 11.9. The van der Waals surface area contributed by atoms with Gasteiger partial charge in [-0.1, -0.05) is 41.3 Å². The number of nitrogens with one attached hydrogen (secondary N) is 2. The number of benzene rings is 1. The van der Waals surface area contributed by atoms with E-state index in [-0.39, 0.29) is 17.4 Å². The Bertz CT molecular complexity index is 711. The lowest BCUT2D eigenvalue weighted by Gasteiger charge is -2.07. The van der Waals surface area contributed by atoms with Gasteiger partial charge in [-0.3, -0.25) is 4.79 Å². The second-order valence-corrected chi connectivity index (χ2v) is 7.15. The molecule has 0 radical (unpaired) electrons. The van der Waals surface area contributed by atoms with Crippen molar-refractivity contribution in [1.29, 1.82) is 0 Å². The minimum atomic E-state index is -2.83. The van der Waals surface area contributed by atoms with E-state index in [0.29, 0.717) is 29.0 Å². The maximum Gasteiger partial charge on any atom is 0.387 e. The smallest absolute Gasteiger partial charge is 0.387 e. The van der Waals surface area contributed by atoms with Crippen LogP contribution in [0.25, 0.3) is 0 Å². The summed E-state index contributed by atoms with van der Waals surface area (Å²) in [5, 5.41) is 14.5. The van der Waals surface area contributed by atoms with Crippen LogP contribution in [0.4, 0.5) is 13.9 Å². The zero-order valence-corrected chi connectivity index (χ0v) is 15.4. The van der Waals surface area contributed by atoms with Crippen LogP contribution in [0, 0.1) is 0 Å². The van der Waals surface area contributed by atoms with Crippen LogP contribution >= 0.6 is 23.1 Å². The maximum absolute atomic E-state index is 12.1. The number of aromatic nitrogens is 2. The molecule has 2 aromatic rings. The number of nitrogens with zero attached hydrogens (tertiary/aromatic N) is 2. The number of carbonyl (C=O) groups is 1. The quantitative estimate of drug-likeness (QED) is 0.446. The Labute approximate surface area is 158 Å². The number of carbonyl (C=O) groups excluding carboxylic acids is 1. The van der Waals surface area contributed by atoms with E-state index in [1.165, 1.54) is 35.2 Å². The number of ether oxygens (including phenoxy) is 1. The predicted molar refractivity (Wildman–Crippen MR) is 99.1 cm³/mol. The van der Waals surface area contributed by atoms with Gasteiger partial charge in [-0.15, -0.1) is 16.8 Å². The maximum atomic E-state index is 12.1. The monoisotopic (exact) mass is 400 g/mol. The third-order valence-electron chi connectivity index (χ3n) is 3.02. The SMILES string of the molecule is C=CCNc1nnc(SCC(=O)NCCc2ccc(OC(F)F)cc2)s1. The van der Waals surface area contributed by atoms with Crippen LogP contribution in [0.2, 0.25) is 0 Å². The molecule has 1 aromatic heterocycles. The van der Waals surface area contributed by atoms with E-state index in [9.17, 15) is 13.6 Å². The Morgan fingerprint density at radius 2 is 2.12 bits per heavy atom. The highest BCUT2D eigenvalue weighted by Gasteiger charge is 2.08. The zero-order chi connectivity index (χ0) is 18.8. The average molecular weight is 400 g/mol. The van der Waals surface area contributed by atoms with Crippen LogP contribution in [0.1, 0.15) is 5.56 Å². The summed E-state index contributed by atoms with van der Waals surface area (Å²) in [6, 6.07) is 6.34. The van der Waals surface area contributed by atoms with Gasteiger partial charge in [0.1, 0.15) is 5.75 Å². The number of halogens is 2. The largest absolute Gasteiger partial charge is 0.435 e. The third kappa shape index (κ3) is 7.36. The van der Waals surface area contributed by atoms with Crippen molar-refractivity contribution in [1.82, 2.24) is 15.5 Å². The fraction of sp³-hybridized carbons (Fsp3) is 0.312. The summed E-state index contributed by atoms with van der Waals surface area (Å²) in [6.07, 6.45) is 2.32. The third-order valence-corrected chi connectivity index (χ3v) is 5.03. The predicted octanol–water partition coefficient (Wildman–Crippen LogP) is 3.19. The van der Waals surface area contributed by atoms with Crippen molar-refractivity contribution in [3.8, 4) is 5.75 Å². The molecule has 1 aromatic carbocycles. The molecule has 0 saturated carbocycles. The van der Waals surface area contributed by atoms with Gasteiger partial charge in [0, 0.05) is 13.1 Å². The molecule has 0 saturated heterocycles. The van der Waals surface area contributed by atoms with E-state index >= 15 is 0 Å². The van der Waals surface area contributed by atoms with Gasteiger partial charge >= 0.3 is 6.61 Å². The number of hydrogen-bond donors (Lipinski definition) is 2. The molecule has 2 N–H and O–H groups in total. The first kappa shape index (κ1) is 20.1. The Morgan fingerprint density at radius 1 is 1.35 bits per heavy atom. The van der Waals surface area contributed by atoms with Gasteiger partial charge < -0.3 is 15.4 Å². The van der Waals surface area contributed by atoms with Crippen molar-refractivity contribution in [2.24, 2.45) is 0 Å². The van der Waals surface area contributed by atoms with E-state index in [1.54, 1.807) is 18.2 Å². The topological polar surface area (TPSA) is 76.1 Å². The van der Waals surface area contributed by atoms with Crippen LogP contribution in [0.3, 0.4) is 0 Å². The number of thioether (sulfide) groups is 1. The molecule has 140 valence electrons. The van der Waals surface area contributed by atoms with E-state index < -0.39 is 6.61 Å². The molecule has 0 fully saturated rings. The molecular weight excluding hydrogens is 382 g/mol. The average Bonchev–Trinajstić information content (AvgIpc) is 3.07.